The summed E-state index contributed by atoms with van der Waals surface area (Å²) in [6.07, 6.45) is 5.80. The van der Waals surface area contributed by atoms with Gasteiger partial charge in [-0.2, -0.15) is 0 Å². The standard InChI is InChI=1S/C17H19N3O2/c21-17(19-14-11-20-9-5-12(14)6-10-20)16-2-1-15(22-16)13-3-7-18-8-4-13/h1-4,7-8,12,14H,5-6,9-11H2,(H,19,21)/t14-/m0/s1. The molecule has 0 radical (unpaired) electrons. The Morgan fingerprint density at radius 3 is 2.64 bits per heavy atom. The molecule has 5 heteroatoms. The highest BCUT2D eigenvalue weighted by Gasteiger charge is 2.35. The van der Waals surface area contributed by atoms with Crippen molar-refractivity contribution >= 4 is 5.91 Å². The monoisotopic (exact) mass is 297 g/mol. The van der Waals surface area contributed by atoms with E-state index >= 15 is 0 Å². The van der Waals surface area contributed by atoms with Gasteiger partial charge >= 0.3 is 0 Å². The summed E-state index contributed by atoms with van der Waals surface area (Å²) in [5.74, 6) is 1.58. The first-order chi connectivity index (χ1) is 10.8. The Morgan fingerprint density at radius 2 is 1.95 bits per heavy atom. The van der Waals surface area contributed by atoms with Gasteiger partial charge in [-0.05, 0) is 56.1 Å². The van der Waals surface area contributed by atoms with Gasteiger partial charge in [0.2, 0.25) is 0 Å². The zero-order chi connectivity index (χ0) is 14.9. The molecule has 2 bridgehead atoms. The Hall–Kier alpha value is -2.14. The molecule has 3 fully saturated rings. The fourth-order valence-electron chi connectivity index (χ4n) is 3.50. The maximum absolute atomic E-state index is 12.4. The number of carbonyl (C=O) groups is 1. The molecule has 3 aliphatic rings. The van der Waals surface area contributed by atoms with Gasteiger partial charge in [0.15, 0.2) is 5.76 Å². The van der Waals surface area contributed by atoms with Crippen molar-refractivity contribution < 1.29 is 9.21 Å². The lowest BCUT2D eigenvalue weighted by Gasteiger charge is -2.44. The number of hydrogen-bond acceptors (Lipinski definition) is 4. The number of piperidine rings is 3. The predicted octanol–water partition coefficient (Wildman–Crippen LogP) is 2.17. The fraction of sp³-hybridized carbons (Fsp3) is 0.412. The Kier molecular flexibility index (Phi) is 3.42. The molecule has 0 spiro atoms. The molecule has 5 nitrogen and oxygen atoms in total. The first-order valence-corrected chi connectivity index (χ1v) is 7.83. The molecule has 1 N–H and O–H groups in total. The number of fused-ring (bicyclic) bond motifs is 3. The average molecular weight is 297 g/mol. The van der Waals surface area contributed by atoms with Gasteiger partial charge in [-0.1, -0.05) is 0 Å². The summed E-state index contributed by atoms with van der Waals surface area (Å²) >= 11 is 0. The number of rotatable bonds is 3. The first-order valence-electron chi connectivity index (χ1n) is 7.83. The van der Waals surface area contributed by atoms with Crippen LogP contribution in [0.1, 0.15) is 23.4 Å². The molecule has 1 amide bonds. The van der Waals surface area contributed by atoms with E-state index in [2.05, 4.69) is 15.2 Å². The van der Waals surface area contributed by atoms with E-state index in [0.29, 0.717) is 17.4 Å². The van der Waals surface area contributed by atoms with Gasteiger partial charge in [-0.3, -0.25) is 9.78 Å². The van der Waals surface area contributed by atoms with Crippen molar-refractivity contribution in [1.29, 1.82) is 0 Å². The van der Waals surface area contributed by atoms with E-state index in [9.17, 15) is 4.79 Å². The lowest BCUT2D eigenvalue weighted by atomic mass is 9.84. The number of aromatic nitrogens is 1. The fourth-order valence-corrected chi connectivity index (χ4v) is 3.50. The Bertz CT molecular complexity index is 660. The summed E-state index contributed by atoms with van der Waals surface area (Å²) in [5.41, 5.74) is 0.928. The number of hydrogen-bond donors (Lipinski definition) is 1. The quantitative estimate of drug-likeness (QED) is 0.943. The van der Waals surface area contributed by atoms with E-state index in [4.69, 9.17) is 4.42 Å². The minimum Gasteiger partial charge on any atom is -0.451 e. The zero-order valence-corrected chi connectivity index (χ0v) is 12.4. The molecule has 114 valence electrons. The molecular formula is C17H19N3O2. The number of nitrogens with one attached hydrogen (secondary N) is 1. The topological polar surface area (TPSA) is 58.4 Å². The van der Waals surface area contributed by atoms with Gasteiger partial charge in [0, 0.05) is 30.5 Å². The number of carbonyl (C=O) groups excluding carboxylic acids is 1. The van der Waals surface area contributed by atoms with Crippen LogP contribution < -0.4 is 5.32 Å². The van der Waals surface area contributed by atoms with Gasteiger partial charge in [0.1, 0.15) is 5.76 Å². The first kappa shape index (κ1) is 13.5. The second-order valence-corrected chi connectivity index (χ2v) is 6.12. The van der Waals surface area contributed by atoms with Crippen LogP contribution in [-0.4, -0.2) is 41.5 Å². The highest BCUT2D eigenvalue weighted by Crippen LogP contribution is 2.28. The molecule has 1 atom stereocenters. The van der Waals surface area contributed by atoms with E-state index in [1.54, 1.807) is 18.5 Å². The smallest absolute Gasteiger partial charge is 0.287 e. The molecule has 5 heterocycles. The molecule has 0 unspecified atom stereocenters. The molecule has 2 aromatic heterocycles. The summed E-state index contributed by atoms with van der Waals surface area (Å²) in [5, 5.41) is 3.14. The second kappa shape index (κ2) is 5.57. The van der Waals surface area contributed by atoms with Crippen LogP contribution in [0.4, 0.5) is 0 Å². The van der Waals surface area contributed by atoms with Crippen LogP contribution in [0.25, 0.3) is 11.3 Å². The summed E-state index contributed by atoms with van der Waals surface area (Å²) in [7, 11) is 0. The van der Waals surface area contributed by atoms with Crippen molar-refractivity contribution in [2.45, 2.75) is 18.9 Å². The minimum atomic E-state index is -0.112. The largest absolute Gasteiger partial charge is 0.451 e. The maximum atomic E-state index is 12.4. The van der Waals surface area contributed by atoms with Crippen molar-refractivity contribution in [2.24, 2.45) is 5.92 Å². The van der Waals surface area contributed by atoms with Gasteiger partial charge in [-0.15, -0.1) is 0 Å². The lowest BCUT2D eigenvalue weighted by molar-refractivity contribution is 0.0606. The van der Waals surface area contributed by atoms with E-state index in [1.165, 1.54) is 25.9 Å². The lowest BCUT2D eigenvalue weighted by Crippen LogP contribution is -2.57. The van der Waals surface area contributed by atoms with Gasteiger partial charge in [0.25, 0.3) is 5.91 Å². The predicted molar refractivity (Wildman–Crippen MR) is 82.4 cm³/mol. The third-order valence-electron chi connectivity index (χ3n) is 4.77. The minimum absolute atomic E-state index is 0.112. The number of amides is 1. The van der Waals surface area contributed by atoms with Crippen LogP contribution in [-0.2, 0) is 0 Å². The molecule has 0 saturated carbocycles. The van der Waals surface area contributed by atoms with Gasteiger partial charge in [-0.25, -0.2) is 0 Å². The molecule has 3 aliphatic heterocycles. The summed E-state index contributed by atoms with van der Waals surface area (Å²) in [6, 6.07) is 7.57. The van der Waals surface area contributed by atoms with Crippen molar-refractivity contribution in [2.75, 3.05) is 19.6 Å². The molecular weight excluding hydrogens is 278 g/mol. The second-order valence-electron chi connectivity index (χ2n) is 6.12. The van der Waals surface area contributed by atoms with Crippen LogP contribution >= 0.6 is 0 Å². The van der Waals surface area contributed by atoms with Gasteiger partial charge in [0.05, 0.1) is 0 Å². The highest BCUT2D eigenvalue weighted by molar-refractivity contribution is 5.92. The number of furan rings is 1. The number of pyridine rings is 1. The van der Waals surface area contributed by atoms with Crippen LogP contribution in [0.15, 0.2) is 41.1 Å². The van der Waals surface area contributed by atoms with Crippen LogP contribution in [0, 0.1) is 5.92 Å². The summed E-state index contributed by atoms with van der Waals surface area (Å²) in [4.78, 5) is 18.8. The molecule has 22 heavy (non-hydrogen) atoms. The third kappa shape index (κ3) is 2.52. The average Bonchev–Trinajstić information content (AvgIpc) is 3.07. The molecule has 3 saturated heterocycles. The molecule has 5 rings (SSSR count). The Morgan fingerprint density at radius 1 is 1.18 bits per heavy atom. The van der Waals surface area contributed by atoms with Crippen molar-refractivity contribution in [3.8, 4) is 11.3 Å². The van der Waals surface area contributed by atoms with Crippen molar-refractivity contribution in [1.82, 2.24) is 15.2 Å². The van der Waals surface area contributed by atoms with Crippen molar-refractivity contribution in [3.63, 3.8) is 0 Å². The SMILES string of the molecule is O=C(N[C@H]1CN2CCC1CC2)c1ccc(-c2ccncc2)o1. The normalized spacial score (nSPS) is 26.8. The van der Waals surface area contributed by atoms with E-state index < -0.39 is 0 Å². The molecule has 2 aromatic rings. The molecule has 0 aliphatic carbocycles. The highest BCUT2D eigenvalue weighted by atomic mass is 16.3. The molecule has 0 aromatic carbocycles. The Labute approximate surface area is 129 Å². The maximum Gasteiger partial charge on any atom is 0.287 e. The van der Waals surface area contributed by atoms with Crippen LogP contribution in [0.2, 0.25) is 0 Å². The Balaban J connectivity index is 1.46. The van der Waals surface area contributed by atoms with E-state index in [0.717, 1.165) is 12.1 Å². The summed E-state index contributed by atoms with van der Waals surface area (Å²) in [6.45, 7) is 3.31. The summed E-state index contributed by atoms with van der Waals surface area (Å²) < 4.78 is 5.70. The third-order valence-corrected chi connectivity index (χ3v) is 4.77. The van der Waals surface area contributed by atoms with E-state index in [-0.39, 0.29) is 11.9 Å². The zero-order valence-electron chi connectivity index (χ0n) is 12.4. The van der Waals surface area contributed by atoms with E-state index in [1.807, 2.05) is 18.2 Å². The van der Waals surface area contributed by atoms with Gasteiger partial charge < -0.3 is 14.6 Å². The van der Waals surface area contributed by atoms with Crippen LogP contribution in [0.3, 0.4) is 0 Å². The van der Waals surface area contributed by atoms with Crippen molar-refractivity contribution in [3.05, 3.63) is 42.4 Å². The number of nitrogens with zero attached hydrogens (tertiary/aromatic N) is 2. The van der Waals surface area contributed by atoms with Crippen LogP contribution in [0.5, 0.6) is 0 Å².